The lowest BCUT2D eigenvalue weighted by atomic mass is 9.93. The van der Waals surface area contributed by atoms with E-state index in [1.807, 2.05) is 6.08 Å². The van der Waals surface area contributed by atoms with E-state index in [-0.39, 0.29) is 5.60 Å². The highest BCUT2D eigenvalue weighted by Crippen LogP contribution is 2.29. The molecule has 1 nitrogen and oxygen atoms in total. The van der Waals surface area contributed by atoms with Gasteiger partial charge in [0.15, 0.2) is 8.32 Å². The summed E-state index contributed by atoms with van der Waals surface area (Å²) in [6.07, 6.45) is 8.63. The summed E-state index contributed by atoms with van der Waals surface area (Å²) < 4.78 is 8.41. The van der Waals surface area contributed by atoms with Gasteiger partial charge >= 0.3 is 0 Å². The van der Waals surface area contributed by atoms with Gasteiger partial charge in [0.25, 0.3) is 0 Å². The number of rotatable bonds is 8. The Kier molecular flexibility index (Phi) is 7.85. The number of halogens is 1. The summed E-state index contributed by atoms with van der Waals surface area (Å²) in [4.78, 5) is 0. The highest BCUT2D eigenvalue weighted by atomic mass is 127. The third-order valence-corrected chi connectivity index (χ3v) is 3.91. The molecular formula is C13H25IOSi. The Morgan fingerprint density at radius 1 is 1.38 bits per heavy atom. The number of hydrogen-bond donors (Lipinski definition) is 0. The largest absolute Gasteiger partial charge is 0.408 e. The van der Waals surface area contributed by atoms with Crippen LogP contribution in [0.3, 0.4) is 0 Å². The first-order chi connectivity index (χ1) is 7.39. The van der Waals surface area contributed by atoms with E-state index >= 15 is 0 Å². The van der Waals surface area contributed by atoms with Gasteiger partial charge in [0.1, 0.15) is 0 Å². The van der Waals surface area contributed by atoms with Gasteiger partial charge in [-0.05, 0) is 36.6 Å². The summed E-state index contributed by atoms with van der Waals surface area (Å²) in [5.41, 5.74) is -0.137. The maximum atomic E-state index is 6.34. The Morgan fingerprint density at radius 2 is 2.00 bits per heavy atom. The normalized spacial score (nSPS) is 16.3. The molecule has 0 bridgehead atoms. The van der Waals surface area contributed by atoms with Gasteiger partial charge < -0.3 is 4.43 Å². The van der Waals surface area contributed by atoms with Crippen LogP contribution in [0, 0.1) is 0 Å². The minimum atomic E-state index is -1.52. The van der Waals surface area contributed by atoms with E-state index in [0.717, 1.165) is 12.8 Å². The molecule has 0 fully saturated rings. The number of unbranched alkanes of at least 4 members (excludes halogenated alkanes) is 1. The Hall–Kier alpha value is 0.387. The Bertz CT molecular complexity index is 233. The molecule has 0 radical (unpaired) electrons. The highest BCUT2D eigenvalue weighted by molar-refractivity contribution is 14.1. The second kappa shape index (κ2) is 7.66. The van der Waals surface area contributed by atoms with Gasteiger partial charge in [0, 0.05) is 0 Å². The number of hydrogen-bond acceptors (Lipinski definition) is 1. The zero-order valence-corrected chi connectivity index (χ0v) is 14.2. The molecule has 94 valence electrons. The van der Waals surface area contributed by atoms with Crippen molar-refractivity contribution >= 4 is 30.9 Å². The third kappa shape index (κ3) is 6.86. The average molecular weight is 352 g/mol. The molecule has 0 aromatic rings. The fourth-order valence-electron chi connectivity index (χ4n) is 1.75. The van der Waals surface area contributed by atoms with Crippen LogP contribution in [0.25, 0.3) is 0 Å². The van der Waals surface area contributed by atoms with E-state index in [0.29, 0.717) is 0 Å². The molecule has 3 heteroatoms. The summed E-state index contributed by atoms with van der Waals surface area (Å²) in [7, 11) is -1.52. The zero-order valence-electron chi connectivity index (χ0n) is 11.1. The Labute approximate surface area is 116 Å². The molecule has 0 aliphatic carbocycles. The van der Waals surface area contributed by atoms with E-state index < -0.39 is 8.32 Å². The molecular weight excluding hydrogens is 327 g/mol. The first kappa shape index (κ1) is 16.4. The summed E-state index contributed by atoms with van der Waals surface area (Å²) in [6, 6.07) is 0. The molecule has 0 N–H and O–H groups in total. The topological polar surface area (TPSA) is 9.23 Å². The van der Waals surface area contributed by atoms with E-state index in [1.165, 1.54) is 12.8 Å². The maximum Gasteiger partial charge on any atom is 0.184 e. The predicted octanol–water partition coefficient (Wildman–Crippen LogP) is 5.29. The first-order valence-electron chi connectivity index (χ1n) is 5.98. The van der Waals surface area contributed by atoms with Crippen LogP contribution in [-0.4, -0.2) is 13.9 Å². The van der Waals surface area contributed by atoms with Crippen molar-refractivity contribution in [1.82, 2.24) is 0 Å². The zero-order chi connectivity index (χ0) is 12.7. The highest BCUT2D eigenvalue weighted by Gasteiger charge is 2.31. The van der Waals surface area contributed by atoms with Gasteiger partial charge in [-0.3, -0.25) is 0 Å². The van der Waals surface area contributed by atoms with Crippen molar-refractivity contribution in [3.8, 4) is 0 Å². The monoisotopic (exact) mass is 352 g/mol. The molecule has 0 saturated carbocycles. The second-order valence-corrected chi connectivity index (χ2v) is 10.3. The quantitative estimate of drug-likeness (QED) is 0.328. The molecule has 0 aliphatic rings. The van der Waals surface area contributed by atoms with Gasteiger partial charge in [0.05, 0.1) is 5.60 Å². The van der Waals surface area contributed by atoms with Crippen LogP contribution in [-0.2, 0) is 4.43 Å². The lowest BCUT2D eigenvalue weighted by Crippen LogP contribution is -2.41. The van der Waals surface area contributed by atoms with Crippen molar-refractivity contribution < 1.29 is 4.43 Å². The summed E-state index contributed by atoms with van der Waals surface area (Å²) in [5.74, 6) is 0. The van der Waals surface area contributed by atoms with Crippen molar-refractivity contribution in [3.63, 3.8) is 0 Å². The van der Waals surface area contributed by atoms with E-state index in [4.69, 9.17) is 4.43 Å². The van der Waals surface area contributed by atoms with Gasteiger partial charge in [0.2, 0.25) is 0 Å². The molecule has 0 rings (SSSR count). The van der Waals surface area contributed by atoms with Crippen LogP contribution >= 0.6 is 22.6 Å². The minimum absolute atomic E-state index is 0.137. The van der Waals surface area contributed by atoms with Crippen molar-refractivity contribution in [2.45, 2.75) is 57.8 Å². The minimum Gasteiger partial charge on any atom is -0.408 e. The van der Waals surface area contributed by atoms with E-state index in [1.54, 1.807) is 0 Å². The molecule has 16 heavy (non-hydrogen) atoms. The molecule has 0 heterocycles. The third-order valence-electron chi connectivity index (χ3n) is 2.39. The molecule has 0 aromatic carbocycles. The summed E-state index contributed by atoms with van der Waals surface area (Å²) in [5, 5.41) is 0. The molecule has 0 saturated heterocycles. The van der Waals surface area contributed by atoms with Gasteiger partial charge in [-0.15, -0.1) is 6.58 Å². The van der Waals surface area contributed by atoms with Crippen molar-refractivity contribution in [2.24, 2.45) is 0 Å². The van der Waals surface area contributed by atoms with Gasteiger partial charge in [-0.2, -0.15) is 0 Å². The maximum absolute atomic E-state index is 6.34. The van der Waals surface area contributed by atoms with Crippen LogP contribution in [0.1, 0.15) is 32.6 Å². The SMILES string of the molecule is C=CC(C/C=C/I)(CCCC)O[Si](C)(C)C. The molecule has 1 atom stereocenters. The summed E-state index contributed by atoms with van der Waals surface area (Å²) >= 11 is 2.26. The lowest BCUT2D eigenvalue weighted by molar-refractivity contribution is 0.102. The van der Waals surface area contributed by atoms with Gasteiger partial charge in [-0.1, -0.05) is 54.5 Å². The fourth-order valence-corrected chi connectivity index (χ4v) is 3.49. The van der Waals surface area contributed by atoms with Crippen LogP contribution in [0.2, 0.25) is 19.6 Å². The van der Waals surface area contributed by atoms with Crippen molar-refractivity contribution in [3.05, 3.63) is 22.8 Å². The summed E-state index contributed by atoms with van der Waals surface area (Å²) in [6.45, 7) is 12.9. The second-order valence-electron chi connectivity index (χ2n) is 5.15. The Balaban J connectivity index is 4.72. The fraction of sp³-hybridized carbons (Fsp3) is 0.692. The van der Waals surface area contributed by atoms with Crippen LogP contribution in [0.4, 0.5) is 0 Å². The predicted molar refractivity (Wildman–Crippen MR) is 84.7 cm³/mol. The van der Waals surface area contributed by atoms with Crippen LogP contribution in [0.5, 0.6) is 0 Å². The van der Waals surface area contributed by atoms with Crippen molar-refractivity contribution in [1.29, 1.82) is 0 Å². The smallest absolute Gasteiger partial charge is 0.184 e. The lowest BCUT2D eigenvalue weighted by Gasteiger charge is -2.36. The molecule has 0 aliphatic heterocycles. The molecule has 1 unspecified atom stereocenters. The average Bonchev–Trinajstić information content (AvgIpc) is 2.20. The standard InChI is InChI=1S/C13H25IOSi/c1-6-8-10-13(7-2,11-9-12-14)15-16(3,4)5/h7,9,12H,2,6,8,10-11H2,1,3-5H3/b12-9+. The first-order valence-corrected chi connectivity index (χ1v) is 10.6. The molecule has 0 aromatic heterocycles. The van der Waals surface area contributed by atoms with Crippen LogP contribution < -0.4 is 0 Å². The van der Waals surface area contributed by atoms with Crippen molar-refractivity contribution in [2.75, 3.05) is 0 Å². The van der Waals surface area contributed by atoms with Crippen LogP contribution in [0.15, 0.2) is 22.8 Å². The van der Waals surface area contributed by atoms with E-state index in [9.17, 15) is 0 Å². The Morgan fingerprint density at radius 3 is 2.38 bits per heavy atom. The molecule has 0 amide bonds. The van der Waals surface area contributed by atoms with Gasteiger partial charge in [-0.25, -0.2) is 0 Å². The van der Waals surface area contributed by atoms with E-state index in [2.05, 4.69) is 65.9 Å². The molecule has 0 spiro atoms.